The van der Waals surface area contributed by atoms with Crippen LogP contribution in [-0.2, 0) is 14.3 Å². The molecule has 0 aliphatic heterocycles. The van der Waals surface area contributed by atoms with Crippen LogP contribution in [0.4, 0.5) is 10.1 Å². The van der Waals surface area contributed by atoms with Crippen LogP contribution in [0.5, 0.6) is 0 Å². The summed E-state index contributed by atoms with van der Waals surface area (Å²) >= 11 is 1.21. The highest BCUT2D eigenvalue weighted by molar-refractivity contribution is 8.01. The number of amides is 1. The molecule has 1 unspecified atom stereocenters. The summed E-state index contributed by atoms with van der Waals surface area (Å²) in [6.45, 7) is 8.35. The number of hydrogen-bond acceptors (Lipinski definition) is 4. The molecule has 4 nitrogen and oxygen atoms in total. The third-order valence-electron chi connectivity index (χ3n) is 3.02. The Balaban J connectivity index is 2.28. The number of carbonyl (C=O) groups excluding carboxylic acids is 2. The second-order valence-electron chi connectivity index (χ2n) is 6.49. The topological polar surface area (TPSA) is 55.4 Å². The van der Waals surface area contributed by atoms with Gasteiger partial charge in [0.05, 0.1) is 12.4 Å². The maximum Gasteiger partial charge on any atom is 0.318 e. The van der Waals surface area contributed by atoms with E-state index in [0.29, 0.717) is 12.3 Å². The van der Waals surface area contributed by atoms with Crippen LogP contribution >= 0.6 is 11.8 Å². The van der Waals surface area contributed by atoms with E-state index in [1.807, 2.05) is 0 Å². The lowest BCUT2D eigenvalue weighted by atomic mass is 9.93. The van der Waals surface area contributed by atoms with Gasteiger partial charge in [0.2, 0.25) is 5.91 Å². The maximum atomic E-state index is 12.8. The summed E-state index contributed by atoms with van der Waals surface area (Å²) in [4.78, 5) is 23.6. The Hall–Kier alpha value is -1.56. The Morgan fingerprint density at radius 1 is 1.26 bits per heavy atom. The van der Waals surface area contributed by atoms with Gasteiger partial charge in [-0.1, -0.05) is 20.8 Å². The zero-order valence-electron chi connectivity index (χ0n) is 14.0. The van der Waals surface area contributed by atoms with Gasteiger partial charge in [-0.15, -0.1) is 11.8 Å². The molecule has 0 aliphatic carbocycles. The second-order valence-corrected chi connectivity index (χ2v) is 7.82. The first-order valence-corrected chi connectivity index (χ1v) is 8.56. The molecule has 6 heteroatoms. The fraction of sp³-hybridized carbons (Fsp3) is 0.529. The molecule has 0 fully saturated rings. The minimum atomic E-state index is -0.408. The first kappa shape index (κ1) is 19.5. The number of carbonyl (C=O) groups is 2. The zero-order valence-corrected chi connectivity index (χ0v) is 14.8. The van der Waals surface area contributed by atoms with E-state index < -0.39 is 5.25 Å². The van der Waals surface area contributed by atoms with Crippen molar-refractivity contribution in [2.75, 3.05) is 17.7 Å². The summed E-state index contributed by atoms with van der Waals surface area (Å²) in [5, 5.41) is 2.24. The Morgan fingerprint density at radius 3 is 2.43 bits per heavy atom. The van der Waals surface area contributed by atoms with E-state index in [9.17, 15) is 14.0 Å². The van der Waals surface area contributed by atoms with Crippen LogP contribution < -0.4 is 5.32 Å². The van der Waals surface area contributed by atoms with Gasteiger partial charge in [0.25, 0.3) is 0 Å². The molecule has 23 heavy (non-hydrogen) atoms. The van der Waals surface area contributed by atoms with Gasteiger partial charge in [0.1, 0.15) is 11.1 Å². The van der Waals surface area contributed by atoms with Gasteiger partial charge in [0.15, 0.2) is 0 Å². The van der Waals surface area contributed by atoms with E-state index in [4.69, 9.17) is 4.74 Å². The van der Waals surface area contributed by atoms with Gasteiger partial charge in [-0.05, 0) is 43.0 Å². The molecule has 0 aromatic heterocycles. The summed E-state index contributed by atoms with van der Waals surface area (Å²) in [5.41, 5.74) is 0.642. The highest BCUT2D eigenvalue weighted by Gasteiger charge is 2.18. The van der Waals surface area contributed by atoms with Crippen molar-refractivity contribution in [1.29, 1.82) is 0 Å². The van der Waals surface area contributed by atoms with Crippen molar-refractivity contribution in [3.05, 3.63) is 30.1 Å². The average molecular weight is 341 g/mol. The van der Waals surface area contributed by atoms with Gasteiger partial charge in [-0.25, -0.2) is 4.39 Å². The van der Waals surface area contributed by atoms with E-state index in [1.165, 1.54) is 36.0 Å². The van der Waals surface area contributed by atoms with Crippen molar-refractivity contribution in [1.82, 2.24) is 0 Å². The number of ether oxygens (including phenoxy) is 1. The van der Waals surface area contributed by atoms with Gasteiger partial charge in [-0.2, -0.15) is 0 Å². The van der Waals surface area contributed by atoms with Gasteiger partial charge in [0, 0.05) is 5.69 Å². The Morgan fingerprint density at radius 2 is 1.87 bits per heavy atom. The Kier molecular flexibility index (Phi) is 7.55. The summed E-state index contributed by atoms with van der Waals surface area (Å²) < 4.78 is 18.0. The lowest BCUT2D eigenvalue weighted by Crippen LogP contribution is -2.22. The van der Waals surface area contributed by atoms with Crippen molar-refractivity contribution < 1.29 is 18.7 Å². The molecular formula is C17H24FNO3S. The summed E-state index contributed by atoms with van der Waals surface area (Å²) in [6, 6.07) is 5.53. The van der Waals surface area contributed by atoms with Crippen molar-refractivity contribution in [2.45, 2.75) is 39.4 Å². The van der Waals surface area contributed by atoms with Crippen molar-refractivity contribution in [3.8, 4) is 0 Å². The molecule has 0 saturated heterocycles. The summed E-state index contributed by atoms with van der Waals surface area (Å²) in [5.74, 6) is -0.777. The second kappa shape index (κ2) is 8.91. The van der Waals surface area contributed by atoms with Crippen LogP contribution in [0.3, 0.4) is 0 Å². The van der Waals surface area contributed by atoms with Crippen molar-refractivity contribution in [2.24, 2.45) is 5.41 Å². The van der Waals surface area contributed by atoms with E-state index in [2.05, 4.69) is 26.1 Å². The third-order valence-corrected chi connectivity index (χ3v) is 4.14. The van der Waals surface area contributed by atoms with Crippen LogP contribution in [0.15, 0.2) is 24.3 Å². The number of rotatable bonds is 7. The standard InChI is InChI=1S/C17H24FNO3S/c1-12(16(21)22-10-9-17(2,3)4)23-11-15(20)19-14-7-5-13(18)6-8-14/h5-8,12H,9-11H2,1-4H3,(H,19,20). The van der Waals surface area contributed by atoms with Crippen LogP contribution in [0.2, 0.25) is 0 Å². The van der Waals surface area contributed by atoms with E-state index >= 15 is 0 Å². The molecule has 0 bridgehead atoms. The monoisotopic (exact) mass is 341 g/mol. The average Bonchev–Trinajstić information content (AvgIpc) is 2.45. The Labute approximate surface area is 141 Å². The quantitative estimate of drug-likeness (QED) is 0.765. The highest BCUT2D eigenvalue weighted by Crippen LogP contribution is 2.19. The molecule has 1 atom stereocenters. The summed E-state index contributed by atoms with van der Waals surface area (Å²) in [6.07, 6.45) is 0.793. The normalized spacial score (nSPS) is 12.6. The lowest BCUT2D eigenvalue weighted by molar-refractivity contribution is -0.143. The number of benzene rings is 1. The van der Waals surface area contributed by atoms with Crippen molar-refractivity contribution in [3.63, 3.8) is 0 Å². The third kappa shape index (κ3) is 8.59. The molecule has 1 aromatic carbocycles. The minimum absolute atomic E-state index is 0.117. The fourth-order valence-electron chi connectivity index (χ4n) is 1.57. The number of nitrogens with one attached hydrogen (secondary N) is 1. The smallest absolute Gasteiger partial charge is 0.318 e. The molecule has 0 saturated carbocycles. The molecule has 1 N–H and O–H groups in total. The molecule has 0 radical (unpaired) electrons. The summed E-state index contributed by atoms with van der Waals surface area (Å²) in [7, 11) is 0. The lowest BCUT2D eigenvalue weighted by Gasteiger charge is -2.18. The van der Waals surface area contributed by atoms with Gasteiger partial charge < -0.3 is 10.1 Å². The largest absolute Gasteiger partial charge is 0.465 e. The van der Waals surface area contributed by atoms with E-state index in [-0.39, 0.29) is 28.9 Å². The number of hydrogen-bond donors (Lipinski definition) is 1. The van der Waals surface area contributed by atoms with Crippen LogP contribution in [0.1, 0.15) is 34.1 Å². The molecule has 0 heterocycles. The molecule has 0 spiro atoms. The fourth-order valence-corrected chi connectivity index (χ4v) is 2.25. The first-order chi connectivity index (χ1) is 10.7. The molecule has 1 amide bonds. The predicted octanol–water partition coefficient (Wildman–Crippen LogP) is 3.87. The number of anilines is 1. The van der Waals surface area contributed by atoms with Crippen LogP contribution in [0, 0.1) is 11.2 Å². The number of esters is 1. The molecule has 0 aliphatic rings. The maximum absolute atomic E-state index is 12.8. The van der Waals surface area contributed by atoms with Crippen LogP contribution in [0.25, 0.3) is 0 Å². The minimum Gasteiger partial charge on any atom is -0.465 e. The zero-order chi connectivity index (χ0) is 17.5. The Bertz CT molecular complexity index is 526. The van der Waals surface area contributed by atoms with Gasteiger partial charge in [-0.3, -0.25) is 9.59 Å². The van der Waals surface area contributed by atoms with E-state index in [0.717, 1.165) is 6.42 Å². The molecule has 1 aromatic rings. The number of thioether (sulfide) groups is 1. The van der Waals surface area contributed by atoms with E-state index in [1.54, 1.807) is 6.92 Å². The highest BCUT2D eigenvalue weighted by atomic mass is 32.2. The molecule has 1 rings (SSSR count). The molecular weight excluding hydrogens is 317 g/mol. The SMILES string of the molecule is CC(SCC(=O)Nc1ccc(F)cc1)C(=O)OCCC(C)(C)C. The predicted molar refractivity (Wildman–Crippen MR) is 92.0 cm³/mol. The molecule has 128 valence electrons. The van der Waals surface area contributed by atoms with Crippen LogP contribution in [-0.4, -0.2) is 29.5 Å². The number of halogens is 1. The van der Waals surface area contributed by atoms with Gasteiger partial charge >= 0.3 is 5.97 Å². The first-order valence-electron chi connectivity index (χ1n) is 7.51. The van der Waals surface area contributed by atoms with Crippen molar-refractivity contribution >= 4 is 29.3 Å².